The highest BCUT2D eigenvalue weighted by molar-refractivity contribution is 6.31. The van der Waals surface area contributed by atoms with Crippen LogP contribution in [-0.4, -0.2) is 67.6 Å². The summed E-state index contributed by atoms with van der Waals surface area (Å²) in [6.07, 6.45) is 3.70. The molecule has 2 amide bonds. The minimum Gasteiger partial charge on any atom is -0.493 e. The number of nitrogens with zero attached hydrogens (tertiary/aromatic N) is 2. The first-order valence-electron chi connectivity index (χ1n) is 11.9. The van der Waals surface area contributed by atoms with Gasteiger partial charge in [0.2, 0.25) is 11.8 Å². The van der Waals surface area contributed by atoms with E-state index in [0.29, 0.717) is 57.4 Å². The zero-order chi connectivity index (χ0) is 23.1. The van der Waals surface area contributed by atoms with Gasteiger partial charge in [-0.1, -0.05) is 25.4 Å². The van der Waals surface area contributed by atoms with Crippen LogP contribution in [0, 0.1) is 18.3 Å². The Bertz CT molecular complexity index is 782. The van der Waals surface area contributed by atoms with E-state index in [2.05, 4.69) is 13.8 Å². The summed E-state index contributed by atoms with van der Waals surface area (Å²) in [5, 5.41) is 0.711. The van der Waals surface area contributed by atoms with Gasteiger partial charge in [-0.25, -0.2) is 0 Å². The van der Waals surface area contributed by atoms with Gasteiger partial charge >= 0.3 is 0 Å². The number of piperidine rings is 1. The first-order chi connectivity index (χ1) is 15.4. The standard InChI is InChI=1S/C25H37ClN2O4/c1-4-20(5-2)24(30)28-10-8-25(9-11-28,17-23(29)27-12-14-31-15-13-27)18-32-21-6-7-22(26)19(3)16-21/h6-7,16,20H,4-5,8-15,17-18H2,1-3H3. The van der Waals surface area contributed by atoms with Crippen LogP contribution in [0.5, 0.6) is 5.75 Å². The van der Waals surface area contributed by atoms with Gasteiger partial charge in [0.25, 0.3) is 0 Å². The van der Waals surface area contributed by atoms with Crippen LogP contribution < -0.4 is 4.74 Å². The zero-order valence-electron chi connectivity index (χ0n) is 19.7. The Morgan fingerprint density at radius 1 is 1.09 bits per heavy atom. The summed E-state index contributed by atoms with van der Waals surface area (Å²) in [4.78, 5) is 29.9. The Hall–Kier alpha value is -1.79. The fourth-order valence-corrected chi connectivity index (χ4v) is 4.78. The molecule has 7 heteroatoms. The quantitative estimate of drug-likeness (QED) is 0.574. The molecule has 0 aromatic heterocycles. The normalized spacial score (nSPS) is 18.7. The average molecular weight is 465 g/mol. The second-order valence-electron chi connectivity index (χ2n) is 9.21. The van der Waals surface area contributed by atoms with Gasteiger partial charge in [0.1, 0.15) is 5.75 Å². The van der Waals surface area contributed by atoms with Crippen molar-refractivity contribution < 1.29 is 19.1 Å². The number of morpholine rings is 1. The highest BCUT2D eigenvalue weighted by Gasteiger charge is 2.40. The number of hydrogen-bond acceptors (Lipinski definition) is 4. The first kappa shape index (κ1) is 24.8. The van der Waals surface area contributed by atoms with Crippen molar-refractivity contribution in [1.29, 1.82) is 0 Å². The number of rotatable bonds is 8. The topological polar surface area (TPSA) is 59.1 Å². The molecule has 32 heavy (non-hydrogen) atoms. The number of carbonyl (C=O) groups is 2. The summed E-state index contributed by atoms with van der Waals surface area (Å²) in [5.41, 5.74) is 0.682. The van der Waals surface area contributed by atoms with E-state index in [4.69, 9.17) is 21.1 Å². The van der Waals surface area contributed by atoms with Crippen LogP contribution >= 0.6 is 11.6 Å². The molecule has 0 bridgehead atoms. The molecule has 178 valence electrons. The molecule has 0 atom stereocenters. The number of aryl methyl sites for hydroxylation is 1. The van der Waals surface area contributed by atoms with Crippen LogP contribution in [0.2, 0.25) is 5.02 Å². The maximum atomic E-state index is 13.1. The van der Waals surface area contributed by atoms with Crippen molar-refractivity contribution in [2.75, 3.05) is 46.0 Å². The Labute approximate surface area is 197 Å². The summed E-state index contributed by atoms with van der Waals surface area (Å²) in [7, 11) is 0. The lowest BCUT2D eigenvalue weighted by Gasteiger charge is -2.43. The molecular formula is C25H37ClN2O4. The van der Waals surface area contributed by atoms with E-state index < -0.39 is 0 Å². The summed E-state index contributed by atoms with van der Waals surface area (Å²) < 4.78 is 11.6. The third-order valence-electron chi connectivity index (χ3n) is 7.04. The van der Waals surface area contributed by atoms with Gasteiger partial charge in [-0.2, -0.15) is 0 Å². The lowest BCUT2D eigenvalue weighted by atomic mass is 9.75. The molecule has 2 heterocycles. The summed E-state index contributed by atoms with van der Waals surface area (Å²) in [6, 6.07) is 5.65. The largest absolute Gasteiger partial charge is 0.493 e. The molecule has 0 saturated carbocycles. The molecule has 6 nitrogen and oxygen atoms in total. The van der Waals surface area contributed by atoms with E-state index in [1.165, 1.54) is 0 Å². The number of halogens is 1. The molecule has 1 aromatic carbocycles. The Morgan fingerprint density at radius 3 is 2.34 bits per heavy atom. The second-order valence-corrected chi connectivity index (χ2v) is 9.62. The molecule has 2 fully saturated rings. The van der Waals surface area contributed by atoms with Crippen LogP contribution in [0.3, 0.4) is 0 Å². The monoisotopic (exact) mass is 464 g/mol. The molecule has 0 spiro atoms. The van der Waals surface area contributed by atoms with Gasteiger partial charge in [-0.3, -0.25) is 9.59 Å². The number of ether oxygens (including phenoxy) is 2. The Kier molecular flexibility index (Phi) is 8.83. The summed E-state index contributed by atoms with van der Waals surface area (Å²) in [6.45, 7) is 10.4. The van der Waals surface area contributed by atoms with Crippen LogP contribution in [0.15, 0.2) is 18.2 Å². The van der Waals surface area contributed by atoms with Gasteiger partial charge in [0.05, 0.1) is 19.8 Å². The molecule has 0 radical (unpaired) electrons. The lowest BCUT2D eigenvalue weighted by Crippen LogP contribution is -2.50. The van der Waals surface area contributed by atoms with Crippen molar-refractivity contribution in [1.82, 2.24) is 9.80 Å². The molecular weight excluding hydrogens is 428 g/mol. The van der Waals surface area contributed by atoms with E-state index in [1.807, 2.05) is 34.9 Å². The third-order valence-corrected chi connectivity index (χ3v) is 7.46. The Balaban J connectivity index is 1.70. The van der Waals surface area contributed by atoms with Crippen LogP contribution in [0.1, 0.15) is 51.5 Å². The molecule has 1 aromatic rings. The number of carbonyl (C=O) groups excluding carboxylic acids is 2. The van der Waals surface area contributed by atoms with Crippen molar-refractivity contribution in [3.8, 4) is 5.75 Å². The fraction of sp³-hybridized carbons (Fsp3) is 0.680. The average Bonchev–Trinajstić information content (AvgIpc) is 2.81. The van der Waals surface area contributed by atoms with Crippen LogP contribution in [0.4, 0.5) is 0 Å². The number of benzene rings is 1. The van der Waals surface area contributed by atoms with Crippen molar-refractivity contribution >= 4 is 23.4 Å². The smallest absolute Gasteiger partial charge is 0.225 e. The van der Waals surface area contributed by atoms with E-state index >= 15 is 0 Å². The SMILES string of the molecule is CCC(CC)C(=O)N1CCC(COc2ccc(Cl)c(C)c2)(CC(=O)N2CCOCC2)CC1. The molecule has 0 N–H and O–H groups in total. The second kappa shape index (κ2) is 11.4. The van der Waals surface area contributed by atoms with Crippen LogP contribution in [0.25, 0.3) is 0 Å². The van der Waals surface area contributed by atoms with E-state index in [1.54, 1.807) is 0 Å². The molecule has 0 unspecified atom stereocenters. The fourth-order valence-electron chi connectivity index (χ4n) is 4.66. The molecule has 2 aliphatic heterocycles. The first-order valence-corrected chi connectivity index (χ1v) is 12.3. The predicted octanol–water partition coefficient (Wildman–Crippen LogP) is 4.32. The molecule has 2 saturated heterocycles. The Morgan fingerprint density at radius 2 is 1.75 bits per heavy atom. The van der Waals surface area contributed by atoms with Crippen molar-refractivity contribution in [2.24, 2.45) is 11.3 Å². The zero-order valence-corrected chi connectivity index (χ0v) is 20.5. The van der Waals surface area contributed by atoms with Gasteiger partial charge in [0, 0.05) is 49.0 Å². The van der Waals surface area contributed by atoms with Crippen molar-refractivity contribution in [3.05, 3.63) is 28.8 Å². The van der Waals surface area contributed by atoms with Gasteiger partial charge in [0.15, 0.2) is 0 Å². The van der Waals surface area contributed by atoms with E-state index in [-0.39, 0.29) is 23.1 Å². The minimum absolute atomic E-state index is 0.0887. The highest BCUT2D eigenvalue weighted by Crippen LogP contribution is 2.37. The molecule has 3 rings (SSSR count). The number of hydrogen-bond donors (Lipinski definition) is 0. The minimum atomic E-state index is -0.284. The third kappa shape index (κ3) is 6.16. The number of amides is 2. The van der Waals surface area contributed by atoms with Crippen molar-refractivity contribution in [3.63, 3.8) is 0 Å². The maximum Gasteiger partial charge on any atom is 0.225 e. The van der Waals surface area contributed by atoms with E-state index in [0.717, 1.165) is 37.0 Å². The highest BCUT2D eigenvalue weighted by atomic mass is 35.5. The molecule has 0 aliphatic carbocycles. The van der Waals surface area contributed by atoms with Gasteiger partial charge in [-0.15, -0.1) is 0 Å². The number of likely N-dealkylation sites (tertiary alicyclic amines) is 1. The maximum absolute atomic E-state index is 13.1. The summed E-state index contributed by atoms with van der Waals surface area (Å²) in [5.74, 6) is 1.26. The van der Waals surface area contributed by atoms with Gasteiger partial charge in [-0.05, 0) is 56.4 Å². The van der Waals surface area contributed by atoms with Crippen LogP contribution in [-0.2, 0) is 14.3 Å². The predicted molar refractivity (Wildman–Crippen MR) is 126 cm³/mol. The molecule has 2 aliphatic rings. The van der Waals surface area contributed by atoms with Gasteiger partial charge < -0.3 is 19.3 Å². The summed E-state index contributed by atoms with van der Waals surface area (Å²) >= 11 is 6.15. The van der Waals surface area contributed by atoms with Crippen molar-refractivity contribution in [2.45, 2.75) is 52.9 Å². The van der Waals surface area contributed by atoms with E-state index in [9.17, 15) is 9.59 Å². The lowest BCUT2D eigenvalue weighted by molar-refractivity contribution is -0.142.